The van der Waals surface area contributed by atoms with Gasteiger partial charge in [-0.3, -0.25) is 10.1 Å². The van der Waals surface area contributed by atoms with Crippen molar-refractivity contribution >= 4 is 56.4 Å². The van der Waals surface area contributed by atoms with Gasteiger partial charge in [-0.05, 0) is 12.1 Å². The van der Waals surface area contributed by atoms with E-state index in [1.54, 1.807) is 31.4 Å². The van der Waals surface area contributed by atoms with Crippen molar-refractivity contribution in [2.45, 2.75) is 0 Å². The fraction of sp³-hybridized carbons (Fsp3) is 0.118. The maximum atomic E-state index is 10.7. The third-order valence-electron chi connectivity index (χ3n) is 3.59. The highest BCUT2D eigenvalue weighted by Crippen LogP contribution is 2.38. The van der Waals surface area contributed by atoms with Crippen LogP contribution < -0.4 is 14.8 Å². The van der Waals surface area contributed by atoms with Gasteiger partial charge in [0.25, 0.3) is 5.69 Å². The molecule has 3 rings (SSSR count). The van der Waals surface area contributed by atoms with Crippen LogP contribution in [0.3, 0.4) is 0 Å². The Balaban J connectivity index is 0.00000261. The Kier molecular flexibility index (Phi) is 7.00. The lowest BCUT2D eigenvalue weighted by atomic mass is 10.1. The zero-order valence-corrected chi connectivity index (χ0v) is 17.5. The number of thiazole rings is 1. The van der Waals surface area contributed by atoms with E-state index in [1.807, 2.05) is 5.38 Å². The van der Waals surface area contributed by atoms with Gasteiger partial charge in [0.05, 0.1) is 35.5 Å². The number of aromatic nitrogens is 1. The van der Waals surface area contributed by atoms with Crippen molar-refractivity contribution in [3.8, 4) is 22.8 Å². The Morgan fingerprint density at radius 1 is 1.15 bits per heavy atom. The predicted octanol–water partition coefficient (Wildman–Crippen LogP) is 5.71. The summed E-state index contributed by atoms with van der Waals surface area (Å²) in [7, 11) is 3.08. The van der Waals surface area contributed by atoms with E-state index in [9.17, 15) is 10.1 Å². The molecule has 1 N–H and O–H groups in total. The van der Waals surface area contributed by atoms with Gasteiger partial charge in [0.2, 0.25) is 0 Å². The number of nitrogens with zero attached hydrogens (tertiary/aromatic N) is 2. The number of rotatable bonds is 6. The molecule has 1 aromatic heterocycles. The minimum atomic E-state index is -0.433. The van der Waals surface area contributed by atoms with E-state index >= 15 is 0 Å². The Morgan fingerprint density at radius 2 is 1.81 bits per heavy atom. The number of halogens is 2. The van der Waals surface area contributed by atoms with Gasteiger partial charge >= 0.3 is 0 Å². The zero-order chi connectivity index (χ0) is 18.7. The first-order valence-electron chi connectivity index (χ1n) is 7.40. The van der Waals surface area contributed by atoms with Crippen LogP contribution in [0.25, 0.3) is 11.3 Å². The highest BCUT2D eigenvalue weighted by atomic mass is 79.9. The van der Waals surface area contributed by atoms with Crippen molar-refractivity contribution < 1.29 is 14.4 Å². The van der Waals surface area contributed by atoms with E-state index in [4.69, 9.17) is 21.1 Å². The van der Waals surface area contributed by atoms with Crippen molar-refractivity contribution in [2.24, 2.45) is 0 Å². The lowest BCUT2D eigenvalue weighted by Crippen LogP contribution is -1.96. The molecule has 142 valence electrons. The second-order valence-electron chi connectivity index (χ2n) is 5.15. The van der Waals surface area contributed by atoms with E-state index in [0.717, 1.165) is 5.56 Å². The maximum absolute atomic E-state index is 10.7. The Bertz CT molecular complexity index is 950. The van der Waals surface area contributed by atoms with Crippen molar-refractivity contribution in [3.63, 3.8) is 0 Å². The van der Waals surface area contributed by atoms with Crippen LogP contribution in [0.5, 0.6) is 11.5 Å². The normalized spacial score (nSPS) is 10.0. The van der Waals surface area contributed by atoms with Crippen molar-refractivity contribution in [3.05, 3.63) is 56.9 Å². The number of hydrogen-bond acceptors (Lipinski definition) is 7. The summed E-state index contributed by atoms with van der Waals surface area (Å²) < 4.78 is 10.6. The van der Waals surface area contributed by atoms with Crippen LogP contribution in [0.1, 0.15) is 0 Å². The molecule has 0 saturated heterocycles. The second-order valence-corrected chi connectivity index (χ2v) is 6.42. The van der Waals surface area contributed by atoms with Crippen LogP contribution >= 0.6 is 39.9 Å². The molecule has 0 radical (unpaired) electrons. The number of nitro benzene ring substituents is 1. The molecule has 0 aliphatic heterocycles. The smallest absolute Gasteiger partial charge is 0.269 e. The van der Waals surface area contributed by atoms with Gasteiger partial charge in [-0.2, -0.15) is 0 Å². The molecule has 7 nitrogen and oxygen atoms in total. The summed E-state index contributed by atoms with van der Waals surface area (Å²) >= 11 is 7.51. The first-order valence-corrected chi connectivity index (χ1v) is 8.66. The maximum Gasteiger partial charge on any atom is 0.269 e. The van der Waals surface area contributed by atoms with E-state index in [1.165, 1.54) is 30.6 Å². The second kappa shape index (κ2) is 9.03. The van der Waals surface area contributed by atoms with Gasteiger partial charge in [-0.15, -0.1) is 28.3 Å². The Morgan fingerprint density at radius 3 is 2.41 bits per heavy atom. The highest BCUT2D eigenvalue weighted by molar-refractivity contribution is 8.93. The van der Waals surface area contributed by atoms with Gasteiger partial charge < -0.3 is 14.8 Å². The molecule has 0 fully saturated rings. The standard InChI is InChI=1S/C17H14ClN3O4S.BrH/c1-24-15-8-13(16(25-2)7-12(15)18)19-17-20-14(9-26-17)10-3-5-11(6-4-10)21(22)23;/h3-9H,1-2H3,(H,19,20);1H. The fourth-order valence-electron chi connectivity index (χ4n) is 2.29. The molecule has 0 aliphatic rings. The average molecular weight is 473 g/mol. The molecule has 0 saturated carbocycles. The topological polar surface area (TPSA) is 86.5 Å². The molecule has 10 heteroatoms. The number of benzene rings is 2. The van der Waals surface area contributed by atoms with E-state index in [0.29, 0.717) is 33.0 Å². The van der Waals surface area contributed by atoms with E-state index in [-0.39, 0.29) is 22.7 Å². The largest absolute Gasteiger partial charge is 0.495 e. The van der Waals surface area contributed by atoms with Gasteiger partial charge in [-0.1, -0.05) is 11.6 Å². The third-order valence-corrected chi connectivity index (χ3v) is 4.65. The van der Waals surface area contributed by atoms with Crippen molar-refractivity contribution in [1.29, 1.82) is 0 Å². The molecule has 0 amide bonds. The number of ether oxygens (including phenoxy) is 2. The summed E-state index contributed by atoms with van der Waals surface area (Å²) in [6, 6.07) is 9.64. The number of methoxy groups -OCH3 is 2. The predicted molar refractivity (Wildman–Crippen MR) is 112 cm³/mol. The number of hydrogen-bond donors (Lipinski definition) is 1. The van der Waals surface area contributed by atoms with Crippen LogP contribution in [0, 0.1) is 10.1 Å². The molecule has 0 aliphatic carbocycles. The fourth-order valence-corrected chi connectivity index (χ4v) is 3.25. The van der Waals surface area contributed by atoms with Gasteiger partial charge in [0.15, 0.2) is 5.13 Å². The molecule has 1 heterocycles. The summed E-state index contributed by atoms with van der Waals surface area (Å²) in [4.78, 5) is 14.8. The van der Waals surface area contributed by atoms with E-state index in [2.05, 4.69) is 10.3 Å². The summed E-state index contributed by atoms with van der Waals surface area (Å²) in [6.07, 6.45) is 0. The monoisotopic (exact) mass is 471 g/mol. The number of nitrogens with one attached hydrogen (secondary N) is 1. The molecular weight excluding hydrogens is 458 g/mol. The minimum Gasteiger partial charge on any atom is -0.495 e. The number of nitro groups is 1. The molecule has 2 aromatic carbocycles. The third kappa shape index (κ3) is 4.68. The van der Waals surface area contributed by atoms with Crippen LogP contribution in [0.2, 0.25) is 5.02 Å². The SMILES string of the molecule is Br.COc1cc(Nc2nc(-c3ccc([N+](=O)[O-])cc3)cs2)c(OC)cc1Cl. The van der Waals surface area contributed by atoms with Crippen LogP contribution in [-0.4, -0.2) is 24.1 Å². The van der Waals surface area contributed by atoms with Crippen LogP contribution in [-0.2, 0) is 0 Å². The first-order chi connectivity index (χ1) is 12.5. The Hall–Kier alpha value is -2.36. The van der Waals surface area contributed by atoms with Crippen molar-refractivity contribution in [2.75, 3.05) is 19.5 Å². The molecule has 0 atom stereocenters. The molecule has 0 unspecified atom stereocenters. The van der Waals surface area contributed by atoms with Crippen molar-refractivity contribution in [1.82, 2.24) is 4.98 Å². The van der Waals surface area contributed by atoms with Gasteiger partial charge in [-0.25, -0.2) is 4.98 Å². The van der Waals surface area contributed by atoms with Gasteiger partial charge in [0.1, 0.15) is 11.5 Å². The summed E-state index contributed by atoms with van der Waals surface area (Å²) in [5.41, 5.74) is 2.21. The zero-order valence-electron chi connectivity index (χ0n) is 14.3. The molecule has 27 heavy (non-hydrogen) atoms. The lowest BCUT2D eigenvalue weighted by Gasteiger charge is -2.12. The van der Waals surface area contributed by atoms with Gasteiger partial charge in [0, 0.05) is 35.2 Å². The summed E-state index contributed by atoms with van der Waals surface area (Å²) in [5.74, 6) is 1.07. The van der Waals surface area contributed by atoms with Crippen LogP contribution in [0.4, 0.5) is 16.5 Å². The molecule has 3 aromatic rings. The molecular formula is C17H15BrClN3O4S. The molecule has 0 bridgehead atoms. The lowest BCUT2D eigenvalue weighted by molar-refractivity contribution is -0.384. The summed E-state index contributed by atoms with van der Waals surface area (Å²) in [6.45, 7) is 0. The quantitative estimate of drug-likeness (QED) is 0.365. The Labute approximate surface area is 174 Å². The summed E-state index contributed by atoms with van der Waals surface area (Å²) in [5, 5.41) is 16.9. The first kappa shape index (κ1) is 20.9. The van der Waals surface area contributed by atoms with E-state index < -0.39 is 4.92 Å². The average Bonchev–Trinajstić information content (AvgIpc) is 3.11. The molecule has 0 spiro atoms. The highest BCUT2D eigenvalue weighted by Gasteiger charge is 2.13. The number of anilines is 2. The minimum absolute atomic E-state index is 0. The number of non-ortho nitro benzene ring substituents is 1. The van der Waals surface area contributed by atoms with Crippen LogP contribution in [0.15, 0.2) is 41.8 Å².